The minimum absolute atomic E-state index is 0.0422. The van der Waals surface area contributed by atoms with Crippen LogP contribution in [0.25, 0.3) is 0 Å². The number of nitrogens with zero attached hydrogens (tertiary/aromatic N) is 3. The molecule has 0 aromatic carbocycles. The number of likely N-dealkylation sites (tertiary alicyclic amines) is 1. The summed E-state index contributed by atoms with van der Waals surface area (Å²) in [4.78, 5) is 12.9. The third-order valence-corrected chi connectivity index (χ3v) is 3.41. The van der Waals surface area contributed by atoms with Crippen molar-refractivity contribution in [2.75, 3.05) is 13.6 Å². The molecule has 2 atom stereocenters. The van der Waals surface area contributed by atoms with Gasteiger partial charge in [0.25, 0.3) is 0 Å². The first kappa shape index (κ1) is 13.0. The van der Waals surface area contributed by atoms with Gasteiger partial charge < -0.3 is 9.52 Å². The molecule has 0 radical (unpaired) electrons. The number of hydrogen-bond acceptors (Lipinski definition) is 5. The maximum Gasteiger partial charge on any atom is 0.307 e. The van der Waals surface area contributed by atoms with E-state index in [1.165, 1.54) is 0 Å². The Labute approximate surface area is 106 Å². The maximum atomic E-state index is 11.0. The van der Waals surface area contributed by atoms with Gasteiger partial charge in [0.05, 0.1) is 12.0 Å². The highest BCUT2D eigenvalue weighted by Crippen LogP contribution is 2.32. The SMILES string of the molecule is CC(C)c1nnc([C@H]2CC[C@H](C(=O)O)CN2C)o1. The van der Waals surface area contributed by atoms with E-state index in [9.17, 15) is 4.79 Å². The summed E-state index contributed by atoms with van der Waals surface area (Å²) in [6.07, 6.45) is 1.40. The van der Waals surface area contributed by atoms with Gasteiger partial charge in [-0.3, -0.25) is 9.69 Å². The summed E-state index contributed by atoms with van der Waals surface area (Å²) in [6.45, 7) is 4.53. The van der Waals surface area contributed by atoms with E-state index in [-0.39, 0.29) is 17.9 Å². The van der Waals surface area contributed by atoms with E-state index in [1.807, 2.05) is 25.8 Å². The quantitative estimate of drug-likeness (QED) is 0.882. The lowest BCUT2D eigenvalue weighted by molar-refractivity contribution is -0.144. The van der Waals surface area contributed by atoms with Crippen molar-refractivity contribution in [3.63, 3.8) is 0 Å². The highest BCUT2D eigenvalue weighted by molar-refractivity contribution is 5.70. The molecule has 1 N–H and O–H groups in total. The topological polar surface area (TPSA) is 79.5 Å². The fourth-order valence-corrected chi connectivity index (χ4v) is 2.27. The van der Waals surface area contributed by atoms with E-state index in [0.29, 0.717) is 24.7 Å². The molecule has 6 nitrogen and oxygen atoms in total. The van der Waals surface area contributed by atoms with E-state index in [4.69, 9.17) is 9.52 Å². The van der Waals surface area contributed by atoms with Crippen molar-refractivity contribution >= 4 is 5.97 Å². The van der Waals surface area contributed by atoms with Crippen LogP contribution < -0.4 is 0 Å². The van der Waals surface area contributed by atoms with Gasteiger partial charge in [0.1, 0.15) is 0 Å². The molecule has 1 aliphatic heterocycles. The molecule has 2 rings (SSSR count). The Hall–Kier alpha value is -1.43. The fraction of sp³-hybridized carbons (Fsp3) is 0.750. The van der Waals surface area contributed by atoms with Crippen LogP contribution >= 0.6 is 0 Å². The first-order chi connectivity index (χ1) is 8.49. The van der Waals surface area contributed by atoms with Crippen LogP contribution in [0.1, 0.15) is 50.4 Å². The van der Waals surface area contributed by atoms with E-state index in [1.54, 1.807) is 0 Å². The lowest BCUT2D eigenvalue weighted by atomic mass is 9.93. The van der Waals surface area contributed by atoms with Crippen molar-refractivity contribution in [3.05, 3.63) is 11.8 Å². The molecular formula is C12H19N3O3. The zero-order valence-corrected chi connectivity index (χ0v) is 11.0. The lowest BCUT2D eigenvalue weighted by Gasteiger charge is -2.33. The average molecular weight is 253 g/mol. The maximum absolute atomic E-state index is 11.0. The number of carboxylic acid groups (broad SMARTS) is 1. The number of piperidine rings is 1. The molecule has 6 heteroatoms. The van der Waals surface area contributed by atoms with Crippen LogP contribution in [0, 0.1) is 5.92 Å². The Kier molecular flexibility index (Phi) is 3.65. The van der Waals surface area contributed by atoms with E-state index < -0.39 is 5.97 Å². The largest absolute Gasteiger partial charge is 0.481 e. The zero-order valence-electron chi connectivity index (χ0n) is 11.0. The molecule has 1 aliphatic rings. The van der Waals surface area contributed by atoms with Gasteiger partial charge in [0.2, 0.25) is 11.8 Å². The van der Waals surface area contributed by atoms with Crippen LogP contribution in [-0.4, -0.2) is 39.8 Å². The van der Waals surface area contributed by atoms with E-state index >= 15 is 0 Å². The van der Waals surface area contributed by atoms with Crippen LogP contribution in [0.4, 0.5) is 0 Å². The fourth-order valence-electron chi connectivity index (χ4n) is 2.27. The first-order valence-electron chi connectivity index (χ1n) is 6.25. The molecule has 0 spiro atoms. The van der Waals surface area contributed by atoms with Gasteiger partial charge in [-0.15, -0.1) is 10.2 Å². The Morgan fingerprint density at radius 1 is 1.44 bits per heavy atom. The number of hydrogen-bond donors (Lipinski definition) is 1. The Bertz CT molecular complexity index is 430. The normalized spacial score (nSPS) is 25.6. The third kappa shape index (κ3) is 2.53. The van der Waals surface area contributed by atoms with Crippen molar-refractivity contribution in [2.24, 2.45) is 5.92 Å². The van der Waals surface area contributed by atoms with Crippen LogP contribution in [0.15, 0.2) is 4.42 Å². The van der Waals surface area contributed by atoms with Crippen molar-refractivity contribution in [3.8, 4) is 0 Å². The highest BCUT2D eigenvalue weighted by Gasteiger charge is 2.33. The van der Waals surface area contributed by atoms with E-state index in [2.05, 4.69) is 10.2 Å². The lowest BCUT2D eigenvalue weighted by Crippen LogP contribution is -2.38. The monoisotopic (exact) mass is 253 g/mol. The molecule has 0 saturated carbocycles. The van der Waals surface area contributed by atoms with Crippen molar-refractivity contribution < 1.29 is 14.3 Å². The van der Waals surface area contributed by atoms with Gasteiger partial charge in [-0.05, 0) is 19.9 Å². The summed E-state index contributed by atoms with van der Waals surface area (Å²) in [5, 5.41) is 17.1. The minimum Gasteiger partial charge on any atom is -0.481 e. The summed E-state index contributed by atoms with van der Waals surface area (Å²) in [7, 11) is 1.90. The molecule has 1 fully saturated rings. The number of aromatic nitrogens is 2. The van der Waals surface area contributed by atoms with Gasteiger partial charge in [-0.2, -0.15) is 0 Å². The molecule has 1 aromatic heterocycles. The third-order valence-electron chi connectivity index (χ3n) is 3.41. The average Bonchev–Trinajstić information content (AvgIpc) is 2.78. The Balaban J connectivity index is 2.08. The van der Waals surface area contributed by atoms with Gasteiger partial charge in [0, 0.05) is 12.5 Å². The smallest absolute Gasteiger partial charge is 0.307 e. The summed E-state index contributed by atoms with van der Waals surface area (Å²) in [5.41, 5.74) is 0. The predicted molar refractivity (Wildman–Crippen MR) is 64.1 cm³/mol. The van der Waals surface area contributed by atoms with Gasteiger partial charge in [-0.1, -0.05) is 13.8 Å². The number of carboxylic acids is 1. The second kappa shape index (κ2) is 5.06. The number of aliphatic carboxylic acids is 1. The molecule has 0 aliphatic carbocycles. The standard InChI is InChI=1S/C12H19N3O3/c1-7(2)10-13-14-11(18-10)9-5-4-8(12(16)17)6-15(9)3/h7-9H,4-6H2,1-3H3,(H,16,17)/t8-,9+/m0/s1. The summed E-state index contributed by atoms with van der Waals surface area (Å²) < 4.78 is 5.64. The van der Waals surface area contributed by atoms with Gasteiger partial charge in [-0.25, -0.2) is 0 Å². The number of rotatable bonds is 3. The first-order valence-corrected chi connectivity index (χ1v) is 6.25. The van der Waals surface area contributed by atoms with Crippen molar-refractivity contribution in [2.45, 2.75) is 38.6 Å². The van der Waals surface area contributed by atoms with Gasteiger partial charge in [0.15, 0.2) is 0 Å². The van der Waals surface area contributed by atoms with Gasteiger partial charge >= 0.3 is 5.97 Å². The summed E-state index contributed by atoms with van der Waals surface area (Å²) in [6, 6.07) is 0.0422. The van der Waals surface area contributed by atoms with Crippen molar-refractivity contribution in [1.82, 2.24) is 15.1 Å². The molecule has 0 bridgehead atoms. The molecule has 0 unspecified atom stereocenters. The molecule has 18 heavy (non-hydrogen) atoms. The highest BCUT2D eigenvalue weighted by atomic mass is 16.4. The molecule has 1 saturated heterocycles. The molecular weight excluding hydrogens is 234 g/mol. The van der Waals surface area contributed by atoms with Crippen molar-refractivity contribution in [1.29, 1.82) is 0 Å². The van der Waals surface area contributed by atoms with Crippen LogP contribution in [-0.2, 0) is 4.79 Å². The Morgan fingerprint density at radius 2 is 2.17 bits per heavy atom. The molecule has 100 valence electrons. The predicted octanol–water partition coefficient (Wildman–Crippen LogP) is 1.66. The summed E-state index contributed by atoms with van der Waals surface area (Å²) >= 11 is 0. The summed E-state index contributed by atoms with van der Waals surface area (Å²) in [5.74, 6) is 0.433. The second-order valence-electron chi connectivity index (χ2n) is 5.20. The Morgan fingerprint density at radius 3 is 2.67 bits per heavy atom. The zero-order chi connectivity index (χ0) is 13.3. The van der Waals surface area contributed by atoms with Crippen LogP contribution in [0.2, 0.25) is 0 Å². The molecule has 0 amide bonds. The number of carbonyl (C=O) groups is 1. The van der Waals surface area contributed by atoms with Crippen LogP contribution in [0.5, 0.6) is 0 Å². The van der Waals surface area contributed by atoms with Crippen LogP contribution in [0.3, 0.4) is 0 Å². The molecule has 1 aromatic rings. The second-order valence-corrected chi connectivity index (χ2v) is 5.20. The van der Waals surface area contributed by atoms with E-state index in [0.717, 1.165) is 6.42 Å². The molecule has 2 heterocycles. The minimum atomic E-state index is -0.728.